The molecule has 0 spiro atoms. The Morgan fingerprint density at radius 2 is 1.74 bits per heavy atom. The first kappa shape index (κ1) is 21.8. The van der Waals surface area contributed by atoms with E-state index in [9.17, 15) is 4.79 Å². The van der Waals surface area contributed by atoms with Gasteiger partial charge in [-0.05, 0) is 31.4 Å². The van der Waals surface area contributed by atoms with Crippen molar-refractivity contribution in [2.75, 3.05) is 39.8 Å². The van der Waals surface area contributed by atoms with Gasteiger partial charge in [-0.2, -0.15) is 0 Å². The maximum Gasteiger partial charge on any atom is 0.241 e. The number of aliphatic imine (C=N–C) groups is 1. The molecule has 150 valence electrons. The minimum atomic E-state index is 0. The third-order valence-corrected chi connectivity index (χ3v) is 5.11. The summed E-state index contributed by atoms with van der Waals surface area (Å²) >= 11 is 0. The number of halogens is 1. The SMILES string of the molecule is CN=C(NCC(=O)N1CCCCC1)N1CCC(Oc2ccccc2)CC1.I. The molecule has 2 heterocycles. The van der Waals surface area contributed by atoms with Crippen molar-refractivity contribution >= 4 is 35.8 Å². The zero-order chi connectivity index (χ0) is 18.2. The van der Waals surface area contributed by atoms with Gasteiger partial charge in [0, 0.05) is 46.1 Å². The Hall–Kier alpha value is -1.51. The molecular weight excluding hydrogens is 455 g/mol. The van der Waals surface area contributed by atoms with E-state index in [-0.39, 0.29) is 36.0 Å². The van der Waals surface area contributed by atoms with Crippen molar-refractivity contribution < 1.29 is 9.53 Å². The molecule has 1 N–H and O–H groups in total. The Kier molecular flexibility index (Phi) is 9.17. The lowest BCUT2D eigenvalue weighted by Crippen LogP contribution is -2.50. The Morgan fingerprint density at radius 1 is 1.07 bits per heavy atom. The van der Waals surface area contributed by atoms with Gasteiger partial charge in [0.05, 0.1) is 6.54 Å². The maximum absolute atomic E-state index is 12.3. The topological polar surface area (TPSA) is 57.2 Å². The van der Waals surface area contributed by atoms with Crippen LogP contribution in [-0.2, 0) is 4.79 Å². The van der Waals surface area contributed by atoms with E-state index >= 15 is 0 Å². The number of piperidine rings is 2. The zero-order valence-electron chi connectivity index (χ0n) is 16.1. The molecule has 0 atom stereocenters. The Bertz CT molecular complexity index is 597. The number of ether oxygens (including phenoxy) is 1. The number of likely N-dealkylation sites (tertiary alicyclic amines) is 2. The molecule has 2 saturated heterocycles. The van der Waals surface area contributed by atoms with Gasteiger partial charge in [0.25, 0.3) is 0 Å². The molecule has 1 aromatic carbocycles. The molecule has 0 radical (unpaired) electrons. The summed E-state index contributed by atoms with van der Waals surface area (Å²) in [5, 5.41) is 3.24. The molecule has 1 aromatic rings. The highest BCUT2D eigenvalue weighted by Crippen LogP contribution is 2.18. The summed E-state index contributed by atoms with van der Waals surface area (Å²) in [6.07, 6.45) is 5.62. The predicted octanol–water partition coefficient (Wildman–Crippen LogP) is 2.74. The number of guanidine groups is 1. The second-order valence-corrected chi connectivity index (χ2v) is 6.96. The van der Waals surface area contributed by atoms with Crippen LogP contribution >= 0.6 is 24.0 Å². The monoisotopic (exact) mass is 486 g/mol. The van der Waals surface area contributed by atoms with Crippen LogP contribution < -0.4 is 10.1 Å². The van der Waals surface area contributed by atoms with Crippen LogP contribution in [0.4, 0.5) is 0 Å². The third kappa shape index (κ3) is 6.55. The van der Waals surface area contributed by atoms with Gasteiger partial charge in [-0.25, -0.2) is 0 Å². The summed E-state index contributed by atoms with van der Waals surface area (Å²) in [4.78, 5) is 20.9. The summed E-state index contributed by atoms with van der Waals surface area (Å²) in [7, 11) is 1.78. The van der Waals surface area contributed by atoms with Crippen LogP contribution in [0.25, 0.3) is 0 Å². The van der Waals surface area contributed by atoms with Gasteiger partial charge in [0.1, 0.15) is 11.9 Å². The lowest BCUT2D eigenvalue weighted by atomic mass is 10.1. The van der Waals surface area contributed by atoms with Gasteiger partial charge >= 0.3 is 0 Å². The Labute approximate surface area is 179 Å². The van der Waals surface area contributed by atoms with Crippen molar-refractivity contribution in [3.63, 3.8) is 0 Å². The molecule has 6 nitrogen and oxygen atoms in total. The highest BCUT2D eigenvalue weighted by molar-refractivity contribution is 14.0. The first-order valence-corrected chi connectivity index (χ1v) is 9.71. The molecule has 7 heteroatoms. The minimum Gasteiger partial charge on any atom is -0.490 e. The fraction of sp³-hybridized carbons (Fsp3) is 0.600. The van der Waals surface area contributed by atoms with Gasteiger partial charge in [0.2, 0.25) is 5.91 Å². The first-order valence-electron chi connectivity index (χ1n) is 9.71. The van der Waals surface area contributed by atoms with Gasteiger partial charge in [0.15, 0.2) is 5.96 Å². The molecule has 1 amide bonds. The summed E-state index contributed by atoms with van der Waals surface area (Å²) in [5.41, 5.74) is 0. The van der Waals surface area contributed by atoms with Crippen LogP contribution in [0.2, 0.25) is 0 Å². The van der Waals surface area contributed by atoms with Gasteiger partial charge in [-0.3, -0.25) is 9.79 Å². The lowest BCUT2D eigenvalue weighted by Gasteiger charge is -2.34. The highest BCUT2D eigenvalue weighted by atomic mass is 127. The van der Waals surface area contributed by atoms with Crippen molar-refractivity contribution in [2.24, 2.45) is 4.99 Å². The van der Waals surface area contributed by atoms with Crippen LogP contribution in [0.1, 0.15) is 32.1 Å². The number of benzene rings is 1. The zero-order valence-corrected chi connectivity index (χ0v) is 18.4. The molecule has 2 aliphatic rings. The molecule has 0 unspecified atom stereocenters. The quantitative estimate of drug-likeness (QED) is 0.404. The van der Waals surface area contributed by atoms with Crippen molar-refractivity contribution in [2.45, 2.75) is 38.2 Å². The van der Waals surface area contributed by atoms with Crippen molar-refractivity contribution in [1.29, 1.82) is 0 Å². The second-order valence-electron chi connectivity index (χ2n) is 6.96. The van der Waals surface area contributed by atoms with Crippen molar-refractivity contribution in [3.05, 3.63) is 30.3 Å². The highest BCUT2D eigenvalue weighted by Gasteiger charge is 2.23. The summed E-state index contributed by atoms with van der Waals surface area (Å²) in [6, 6.07) is 9.99. The van der Waals surface area contributed by atoms with Crippen LogP contribution in [0, 0.1) is 0 Å². The molecule has 3 rings (SSSR count). The average Bonchev–Trinajstić information content (AvgIpc) is 2.71. The van der Waals surface area contributed by atoms with Crippen molar-refractivity contribution in [3.8, 4) is 5.75 Å². The van der Waals surface area contributed by atoms with Crippen LogP contribution in [0.3, 0.4) is 0 Å². The molecule has 0 aromatic heterocycles. The number of nitrogens with one attached hydrogen (secondary N) is 1. The van der Waals surface area contributed by atoms with E-state index in [4.69, 9.17) is 4.74 Å². The average molecular weight is 486 g/mol. The first-order chi connectivity index (χ1) is 12.8. The molecule has 0 aliphatic carbocycles. The predicted molar refractivity (Wildman–Crippen MR) is 119 cm³/mol. The smallest absolute Gasteiger partial charge is 0.241 e. The fourth-order valence-corrected chi connectivity index (χ4v) is 3.62. The van der Waals surface area contributed by atoms with Gasteiger partial charge < -0.3 is 19.9 Å². The minimum absolute atomic E-state index is 0. The normalized spacial score (nSPS) is 18.6. The molecule has 0 bridgehead atoms. The largest absolute Gasteiger partial charge is 0.490 e. The van der Waals surface area contributed by atoms with Crippen LogP contribution in [0.5, 0.6) is 5.75 Å². The van der Waals surface area contributed by atoms with E-state index in [2.05, 4.69) is 15.2 Å². The molecular formula is C20H31IN4O2. The van der Waals surface area contributed by atoms with Crippen molar-refractivity contribution in [1.82, 2.24) is 15.1 Å². The molecule has 27 heavy (non-hydrogen) atoms. The van der Waals surface area contributed by atoms with Crippen LogP contribution in [-0.4, -0.2) is 67.5 Å². The summed E-state index contributed by atoms with van der Waals surface area (Å²) in [6.45, 7) is 3.87. The van der Waals surface area contributed by atoms with E-state index in [0.717, 1.165) is 63.6 Å². The third-order valence-electron chi connectivity index (χ3n) is 5.11. The molecule has 0 saturated carbocycles. The van der Waals surface area contributed by atoms with E-state index < -0.39 is 0 Å². The number of rotatable bonds is 4. The lowest BCUT2D eigenvalue weighted by molar-refractivity contribution is -0.130. The fourth-order valence-electron chi connectivity index (χ4n) is 3.62. The van der Waals surface area contributed by atoms with E-state index in [0.29, 0.717) is 6.54 Å². The summed E-state index contributed by atoms with van der Waals surface area (Å²) in [5.74, 6) is 1.92. The maximum atomic E-state index is 12.3. The molecule has 2 aliphatic heterocycles. The van der Waals surface area contributed by atoms with Crippen LogP contribution in [0.15, 0.2) is 35.3 Å². The van der Waals surface area contributed by atoms with E-state index in [1.54, 1.807) is 7.05 Å². The number of carbonyl (C=O) groups is 1. The number of amides is 1. The van der Waals surface area contributed by atoms with E-state index in [1.165, 1.54) is 6.42 Å². The van der Waals surface area contributed by atoms with E-state index in [1.807, 2.05) is 35.2 Å². The van der Waals surface area contributed by atoms with Gasteiger partial charge in [-0.15, -0.1) is 24.0 Å². The second kappa shape index (κ2) is 11.4. The standard InChI is InChI=1S/C20H30N4O2.HI/c1-21-20(22-16-19(25)23-12-6-3-7-13-23)24-14-10-18(11-15-24)26-17-8-4-2-5-9-17;/h2,4-5,8-9,18H,3,6-7,10-16H2,1H3,(H,21,22);1H. The Balaban J connectivity index is 0.00000261. The number of carbonyl (C=O) groups excluding carboxylic acids is 1. The number of hydrogen-bond donors (Lipinski definition) is 1. The Morgan fingerprint density at radius 3 is 2.37 bits per heavy atom. The number of hydrogen-bond acceptors (Lipinski definition) is 3. The molecule has 2 fully saturated rings. The van der Waals surface area contributed by atoms with Gasteiger partial charge in [-0.1, -0.05) is 18.2 Å². The number of para-hydroxylation sites is 1. The number of nitrogens with zero attached hydrogens (tertiary/aromatic N) is 3. The summed E-state index contributed by atoms with van der Waals surface area (Å²) < 4.78 is 6.05.